The molecule has 1 saturated heterocycles. The lowest BCUT2D eigenvalue weighted by Crippen LogP contribution is -2.21. The van der Waals surface area contributed by atoms with E-state index in [9.17, 15) is 5.11 Å². The van der Waals surface area contributed by atoms with E-state index in [1.165, 1.54) is 16.8 Å². The molecule has 1 heterocycles. The molecule has 1 aromatic rings. The number of β-amino-alcohol motifs (C(OH)–C–C–N with tert-alkyl or cyclic N) is 1. The Balaban J connectivity index is 2.20. The summed E-state index contributed by atoms with van der Waals surface area (Å²) < 4.78 is 0. The fraction of sp³-hybridized carbons (Fsp3) is 0.500. The zero-order chi connectivity index (χ0) is 10.1. The molecule has 0 spiro atoms. The standard InChI is InChI=1S/C12H17NO/c1-9-3-4-11(7-10(9)2)13-6-5-12(14)8-13/h3-4,7,12,14H,5-6,8H2,1-2H3/t12-/m0/s1. The summed E-state index contributed by atoms with van der Waals surface area (Å²) in [6.07, 6.45) is 0.754. The van der Waals surface area contributed by atoms with Crippen LogP contribution in [0.4, 0.5) is 5.69 Å². The van der Waals surface area contributed by atoms with Gasteiger partial charge in [-0.3, -0.25) is 0 Å². The van der Waals surface area contributed by atoms with Gasteiger partial charge in [0.15, 0.2) is 0 Å². The average Bonchev–Trinajstić information content (AvgIpc) is 2.57. The number of aliphatic hydroxyl groups is 1. The van der Waals surface area contributed by atoms with Crippen LogP contribution in [0.3, 0.4) is 0 Å². The van der Waals surface area contributed by atoms with Gasteiger partial charge in [-0.25, -0.2) is 0 Å². The van der Waals surface area contributed by atoms with Gasteiger partial charge in [-0.15, -0.1) is 0 Å². The lowest BCUT2D eigenvalue weighted by Gasteiger charge is -2.18. The number of anilines is 1. The van der Waals surface area contributed by atoms with Crippen LogP contribution in [0.2, 0.25) is 0 Å². The topological polar surface area (TPSA) is 23.5 Å². The summed E-state index contributed by atoms with van der Waals surface area (Å²) in [5.74, 6) is 0. The maximum atomic E-state index is 9.44. The maximum Gasteiger partial charge on any atom is 0.0731 e. The number of aliphatic hydroxyl groups excluding tert-OH is 1. The summed E-state index contributed by atoms with van der Waals surface area (Å²) in [5.41, 5.74) is 3.89. The predicted octanol–water partition coefficient (Wildman–Crippen LogP) is 1.87. The van der Waals surface area contributed by atoms with E-state index >= 15 is 0 Å². The average molecular weight is 191 g/mol. The maximum absolute atomic E-state index is 9.44. The van der Waals surface area contributed by atoms with Gasteiger partial charge in [0, 0.05) is 18.8 Å². The minimum absolute atomic E-state index is 0.142. The predicted molar refractivity (Wildman–Crippen MR) is 58.8 cm³/mol. The van der Waals surface area contributed by atoms with Gasteiger partial charge in [0.1, 0.15) is 0 Å². The molecule has 1 aromatic carbocycles. The number of hydrogen-bond donors (Lipinski definition) is 1. The number of hydrogen-bond acceptors (Lipinski definition) is 2. The summed E-state index contributed by atoms with van der Waals surface area (Å²) in [6, 6.07) is 6.49. The first-order chi connectivity index (χ1) is 6.66. The Bertz CT molecular complexity index is 335. The smallest absolute Gasteiger partial charge is 0.0731 e. The van der Waals surface area contributed by atoms with Crippen molar-refractivity contribution in [2.45, 2.75) is 26.4 Å². The summed E-state index contributed by atoms with van der Waals surface area (Å²) in [7, 11) is 0. The minimum Gasteiger partial charge on any atom is -0.391 e. The van der Waals surface area contributed by atoms with Crippen molar-refractivity contribution >= 4 is 5.69 Å². The van der Waals surface area contributed by atoms with E-state index in [-0.39, 0.29) is 6.10 Å². The molecule has 76 valence electrons. The molecular weight excluding hydrogens is 174 g/mol. The van der Waals surface area contributed by atoms with Crippen molar-refractivity contribution in [2.75, 3.05) is 18.0 Å². The lowest BCUT2D eigenvalue weighted by molar-refractivity contribution is 0.198. The van der Waals surface area contributed by atoms with Crippen LogP contribution in [0.1, 0.15) is 17.5 Å². The number of rotatable bonds is 1. The van der Waals surface area contributed by atoms with E-state index in [1.807, 2.05) is 0 Å². The van der Waals surface area contributed by atoms with E-state index in [0.29, 0.717) is 0 Å². The van der Waals surface area contributed by atoms with Gasteiger partial charge >= 0.3 is 0 Å². The summed E-state index contributed by atoms with van der Waals surface area (Å²) in [5, 5.41) is 9.44. The molecule has 0 bridgehead atoms. The second kappa shape index (κ2) is 3.62. The highest BCUT2D eigenvalue weighted by molar-refractivity contribution is 5.51. The zero-order valence-corrected chi connectivity index (χ0v) is 8.83. The van der Waals surface area contributed by atoms with Crippen LogP contribution in [0.15, 0.2) is 18.2 Å². The SMILES string of the molecule is Cc1ccc(N2CC[C@H](O)C2)cc1C. The first kappa shape index (κ1) is 9.53. The summed E-state index contributed by atoms with van der Waals surface area (Å²) >= 11 is 0. The third kappa shape index (κ3) is 1.75. The van der Waals surface area contributed by atoms with Crippen LogP contribution in [0.25, 0.3) is 0 Å². The minimum atomic E-state index is -0.142. The third-order valence-electron chi connectivity index (χ3n) is 3.02. The van der Waals surface area contributed by atoms with Crippen molar-refractivity contribution in [3.63, 3.8) is 0 Å². The number of benzene rings is 1. The quantitative estimate of drug-likeness (QED) is 0.732. The fourth-order valence-electron chi connectivity index (χ4n) is 1.90. The van der Waals surface area contributed by atoms with Gasteiger partial charge in [-0.1, -0.05) is 6.07 Å². The second-order valence-corrected chi connectivity index (χ2v) is 4.16. The molecule has 0 aromatic heterocycles. The fourth-order valence-corrected chi connectivity index (χ4v) is 1.90. The summed E-state index contributed by atoms with van der Waals surface area (Å²) in [6.45, 7) is 6.01. The Labute approximate surface area is 85.2 Å². The number of nitrogens with zero attached hydrogens (tertiary/aromatic N) is 1. The van der Waals surface area contributed by atoms with Crippen LogP contribution < -0.4 is 4.90 Å². The Kier molecular flexibility index (Phi) is 2.46. The molecule has 0 radical (unpaired) electrons. The molecule has 2 nitrogen and oxygen atoms in total. The van der Waals surface area contributed by atoms with E-state index in [2.05, 4.69) is 36.9 Å². The molecule has 0 unspecified atom stereocenters. The molecule has 1 aliphatic rings. The molecule has 1 atom stereocenters. The largest absolute Gasteiger partial charge is 0.391 e. The van der Waals surface area contributed by atoms with Gasteiger partial charge in [0.2, 0.25) is 0 Å². The first-order valence-electron chi connectivity index (χ1n) is 5.17. The molecule has 1 fully saturated rings. The highest BCUT2D eigenvalue weighted by Crippen LogP contribution is 2.22. The second-order valence-electron chi connectivity index (χ2n) is 4.16. The van der Waals surface area contributed by atoms with Crippen molar-refractivity contribution in [2.24, 2.45) is 0 Å². The Hall–Kier alpha value is -1.02. The molecular formula is C12H17NO. The lowest BCUT2D eigenvalue weighted by atomic mass is 10.1. The van der Waals surface area contributed by atoms with Gasteiger partial charge < -0.3 is 10.0 Å². The van der Waals surface area contributed by atoms with E-state index in [1.54, 1.807) is 0 Å². The van der Waals surface area contributed by atoms with Crippen molar-refractivity contribution in [3.8, 4) is 0 Å². The van der Waals surface area contributed by atoms with Crippen molar-refractivity contribution in [3.05, 3.63) is 29.3 Å². The third-order valence-corrected chi connectivity index (χ3v) is 3.02. The molecule has 1 N–H and O–H groups in total. The summed E-state index contributed by atoms with van der Waals surface area (Å²) in [4.78, 5) is 2.25. The molecule has 0 amide bonds. The van der Waals surface area contributed by atoms with Crippen LogP contribution >= 0.6 is 0 Å². The van der Waals surface area contributed by atoms with E-state index < -0.39 is 0 Å². The Morgan fingerprint density at radius 2 is 2.07 bits per heavy atom. The zero-order valence-electron chi connectivity index (χ0n) is 8.83. The monoisotopic (exact) mass is 191 g/mol. The van der Waals surface area contributed by atoms with Crippen molar-refractivity contribution < 1.29 is 5.11 Å². The first-order valence-corrected chi connectivity index (χ1v) is 5.17. The molecule has 0 aliphatic carbocycles. The van der Waals surface area contributed by atoms with Crippen molar-refractivity contribution in [1.82, 2.24) is 0 Å². The van der Waals surface area contributed by atoms with Crippen LogP contribution in [-0.4, -0.2) is 24.3 Å². The van der Waals surface area contributed by atoms with E-state index in [4.69, 9.17) is 0 Å². The molecule has 14 heavy (non-hydrogen) atoms. The highest BCUT2D eigenvalue weighted by atomic mass is 16.3. The van der Waals surface area contributed by atoms with Gasteiger partial charge in [-0.05, 0) is 43.5 Å². The van der Waals surface area contributed by atoms with Crippen LogP contribution in [0, 0.1) is 13.8 Å². The molecule has 1 aliphatic heterocycles. The van der Waals surface area contributed by atoms with Gasteiger partial charge in [-0.2, -0.15) is 0 Å². The van der Waals surface area contributed by atoms with E-state index in [0.717, 1.165) is 19.5 Å². The Morgan fingerprint density at radius 3 is 2.64 bits per heavy atom. The number of aryl methyl sites for hydroxylation is 2. The van der Waals surface area contributed by atoms with Crippen LogP contribution in [-0.2, 0) is 0 Å². The van der Waals surface area contributed by atoms with Gasteiger partial charge in [0.25, 0.3) is 0 Å². The molecule has 0 saturated carbocycles. The molecule has 2 rings (SSSR count). The Morgan fingerprint density at radius 1 is 1.29 bits per heavy atom. The van der Waals surface area contributed by atoms with Crippen molar-refractivity contribution in [1.29, 1.82) is 0 Å². The normalized spacial score (nSPS) is 21.6. The van der Waals surface area contributed by atoms with Crippen LogP contribution in [0.5, 0.6) is 0 Å². The van der Waals surface area contributed by atoms with Gasteiger partial charge in [0.05, 0.1) is 6.10 Å². The molecule has 2 heteroatoms. The highest BCUT2D eigenvalue weighted by Gasteiger charge is 2.20.